The van der Waals surface area contributed by atoms with Gasteiger partial charge in [-0.05, 0) is 59.0 Å². The van der Waals surface area contributed by atoms with E-state index in [1.54, 1.807) is 6.33 Å². The van der Waals surface area contributed by atoms with E-state index < -0.39 is 17.6 Å². The van der Waals surface area contributed by atoms with Crippen LogP contribution in [0.2, 0.25) is 0 Å². The summed E-state index contributed by atoms with van der Waals surface area (Å²) in [5.74, 6) is 1.26. The summed E-state index contributed by atoms with van der Waals surface area (Å²) in [6, 6.07) is 9.94. The number of nitrogens with two attached hydrogens (primary N) is 1. The molecule has 10 heteroatoms. The minimum absolute atomic E-state index is 0.0512. The van der Waals surface area contributed by atoms with Gasteiger partial charge in [0.15, 0.2) is 0 Å². The molecule has 0 radical (unpaired) electrons. The lowest BCUT2D eigenvalue weighted by molar-refractivity contribution is -0.0218. The summed E-state index contributed by atoms with van der Waals surface area (Å²) < 4.78 is 2.79. The average molecular weight is 552 g/mol. The number of nitrogens with zero attached hydrogens (tertiary/aromatic N) is 4. The Bertz CT molecular complexity index is 1440. The fourth-order valence-electron chi connectivity index (χ4n) is 6.00. The minimum Gasteiger partial charge on any atom is -0.390 e. The van der Waals surface area contributed by atoms with Crippen LogP contribution < -0.4 is 16.4 Å². The maximum absolute atomic E-state index is 11.3. The second kappa shape index (κ2) is 8.95. The molecule has 0 bridgehead atoms. The number of rotatable bonds is 5. The predicted octanol–water partition coefficient (Wildman–Crippen LogP) is 3.53. The van der Waals surface area contributed by atoms with Crippen LogP contribution in [-0.4, -0.2) is 55.0 Å². The quantitative estimate of drug-likeness (QED) is 0.254. The molecule has 1 aromatic carbocycles. The second-order valence-corrected chi connectivity index (χ2v) is 11.0. The Morgan fingerprint density at radius 1 is 1.22 bits per heavy atom. The molecule has 4 heterocycles. The first-order valence-electron chi connectivity index (χ1n) is 12.4. The molecule has 6 rings (SSSR count). The fraction of sp³-hybridized carbons (Fsp3) is 0.423. The van der Waals surface area contributed by atoms with Crippen LogP contribution in [-0.2, 0) is 0 Å². The lowest BCUT2D eigenvalue weighted by Gasteiger charge is -2.27. The molecule has 4 aromatic rings. The lowest BCUT2D eigenvalue weighted by atomic mass is 9.80. The zero-order chi connectivity index (χ0) is 25.0. The summed E-state index contributed by atoms with van der Waals surface area (Å²) >= 11 is 3.44. The van der Waals surface area contributed by atoms with Gasteiger partial charge in [-0.15, -0.1) is 0 Å². The van der Waals surface area contributed by atoms with E-state index in [0.29, 0.717) is 18.8 Å². The fourth-order valence-corrected chi connectivity index (χ4v) is 6.34. The van der Waals surface area contributed by atoms with Crippen LogP contribution in [0.15, 0.2) is 47.3 Å². The van der Waals surface area contributed by atoms with Gasteiger partial charge in [-0.3, -0.25) is 0 Å². The van der Waals surface area contributed by atoms with Crippen molar-refractivity contribution in [3.05, 3.63) is 52.9 Å². The third-order valence-electron chi connectivity index (χ3n) is 7.91. The molecule has 188 valence electrons. The standard InChI is InChI=1S/C26H30BrN7O2/c1-2-6-29-24-16-5-7-34(25(16)32-13-31-24)20-11-26(22(36)21(20)35)10-19(30-12-26)15-4-3-14-8-17(27)23(28)33-18(14)9-15/h3-5,7-9,13,19-22,30,35-36H,2,6,10-12H2,1H3,(H2,28,33)(H,29,31,32)/t19-,20+,21-,22-,26-/m0/s1. The number of fused-ring (bicyclic) bond motifs is 2. The minimum atomic E-state index is -0.890. The Hall–Kier alpha value is -2.79. The Balaban J connectivity index is 1.27. The summed E-state index contributed by atoms with van der Waals surface area (Å²) in [6.45, 7) is 3.56. The van der Waals surface area contributed by atoms with Crippen molar-refractivity contribution in [3.8, 4) is 0 Å². The van der Waals surface area contributed by atoms with E-state index >= 15 is 0 Å². The number of nitrogen functional groups attached to an aromatic ring is 1. The van der Waals surface area contributed by atoms with Crippen molar-refractivity contribution >= 4 is 49.5 Å². The normalized spacial score (nSPS) is 28.0. The Morgan fingerprint density at radius 3 is 2.92 bits per heavy atom. The maximum atomic E-state index is 11.3. The number of aliphatic hydroxyl groups is 2. The number of hydrogen-bond acceptors (Lipinski definition) is 8. The molecule has 1 spiro atoms. The highest BCUT2D eigenvalue weighted by atomic mass is 79.9. The first-order chi connectivity index (χ1) is 17.4. The first-order valence-corrected chi connectivity index (χ1v) is 13.2. The summed E-state index contributed by atoms with van der Waals surface area (Å²) in [5.41, 5.74) is 8.27. The maximum Gasteiger partial charge on any atom is 0.145 e. The first kappa shape index (κ1) is 23.6. The van der Waals surface area contributed by atoms with E-state index in [1.165, 1.54) is 0 Å². The molecule has 1 saturated carbocycles. The monoisotopic (exact) mass is 551 g/mol. The van der Waals surface area contributed by atoms with Crippen molar-refractivity contribution in [2.75, 3.05) is 24.1 Å². The molecule has 1 aliphatic carbocycles. The van der Waals surface area contributed by atoms with Crippen LogP contribution >= 0.6 is 15.9 Å². The van der Waals surface area contributed by atoms with Crippen LogP contribution in [0.3, 0.4) is 0 Å². The topological polar surface area (TPSA) is 134 Å². The van der Waals surface area contributed by atoms with E-state index in [0.717, 1.165) is 57.2 Å². The molecule has 3 aromatic heterocycles. The van der Waals surface area contributed by atoms with Gasteiger partial charge in [-0.25, -0.2) is 15.0 Å². The number of hydrogen-bond donors (Lipinski definition) is 5. The van der Waals surface area contributed by atoms with E-state index in [-0.39, 0.29) is 12.1 Å². The molecular weight excluding hydrogens is 522 g/mol. The van der Waals surface area contributed by atoms with Crippen LogP contribution in [0.1, 0.15) is 43.8 Å². The molecular formula is C26H30BrN7O2. The summed E-state index contributed by atoms with van der Waals surface area (Å²) in [4.78, 5) is 13.4. The highest BCUT2D eigenvalue weighted by molar-refractivity contribution is 9.10. The Morgan fingerprint density at radius 2 is 2.08 bits per heavy atom. The SMILES string of the molecule is CCCNc1ncnc2c1ccn2[C@@H]1C[C@@]2(CN[C@H](c3ccc4cc(Br)c(N)nc4c3)C2)[C@@H](O)[C@H]1O. The second-order valence-electron chi connectivity index (χ2n) is 10.1. The van der Waals surface area contributed by atoms with E-state index in [1.807, 2.05) is 29.0 Å². The van der Waals surface area contributed by atoms with Crippen LogP contribution in [0, 0.1) is 5.41 Å². The number of anilines is 2. The van der Waals surface area contributed by atoms with E-state index in [4.69, 9.17) is 5.73 Å². The van der Waals surface area contributed by atoms with Crippen molar-refractivity contribution < 1.29 is 10.2 Å². The smallest absolute Gasteiger partial charge is 0.145 e. The summed E-state index contributed by atoms with van der Waals surface area (Å²) in [5, 5.41) is 31.4. The number of aromatic nitrogens is 4. The lowest BCUT2D eigenvalue weighted by Crippen LogP contribution is -2.38. The highest BCUT2D eigenvalue weighted by Gasteiger charge is 2.56. The van der Waals surface area contributed by atoms with Gasteiger partial charge in [-0.2, -0.15) is 0 Å². The van der Waals surface area contributed by atoms with Gasteiger partial charge in [0, 0.05) is 36.1 Å². The molecule has 2 fully saturated rings. The largest absolute Gasteiger partial charge is 0.390 e. The van der Waals surface area contributed by atoms with Gasteiger partial charge in [0.05, 0.1) is 27.5 Å². The molecule has 9 nitrogen and oxygen atoms in total. The van der Waals surface area contributed by atoms with Gasteiger partial charge in [0.2, 0.25) is 0 Å². The van der Waals surface area contributed by atoms with Crippen molar-refractivity contribution in [1.82, 2.24) is 24.8 Å². The summed E-state index contributed by atoms with van der Waals surface area (Å²) in [7, 11) is 0. The molecule has 6 N–H and O–H groups in total. The van der Waals surface area contributed by atoms with Crippen molar-refractivity contribution in [2.45, 2.75) is 50.5 Å². The molecule has 0 amide bonds. The zero-order valence-electron chi connectivity index (χ0n) is 20.0. The molecule has 1 aliphatic heterocycles. The van der Waals surface area contributed by atoms with Crippen molar-refractivity contribution in [1.29, 1.82) is 0 Å². The van der Waals surface area contributed by atoms with Crippen LogP contribution in [0.4, 0.5) is 11.6 Å². The van der Waals surface area contributed by atoms with Gasteiger partial charge in [0.1, 0.15) is 29.7 Å². The molecule has 1 saturated heterocycles. The molecule has 5 atom stereocenters. The number of pyridine rings is 1. The zero-order valence-corrected chi connectivity index (χ0v) is 21.6. The average Bonchev–Trinajstić information content (AvgIpc) is 3.57. The van der Waals surface area contributed by atoms with Gasteiger partial charge in [0.25, 0.3) is 0 Å². The Kier molecular flexibility index (Phi) is 5.87. The number of halogens is 1. The summed E-state index contributed by atoms with van der Waals surface area (Å²) in [6.07, 6.45) is 4.13. The van der Waals surface area contributed by atoms with E-state index in [9.17, 15) is 10.2 Å². The van der Waals surface area contributed by atoms with Crippen LogP contribution in [0.25, 0.3) is 21.9 Å². The van der Waals surface area contributed by atoms with Gasteiger partial charge in [-0.1, -0.05) is 19.1 Å². The van der Waals surface area contributed by atoms with Crippen molar-refractivity contribution in [2.24, 2.45) is 5.41 Å². The molecule has 2 aliphatic rings. The van der Waals surface area contributed by atoms with Crippen molar-refractivity contribution in [3.63, 3.8) is 0 Å². The Labute approximate surface area is 217 Å². The third-order valence-corrected chi connectivity index (χ3v) is 8.54. The third kappa shape index (κ3) is 3.75. The van der Waals surface area contributed by atoms with Gasteiger partial charge >= 0.3 is 0 Å². The number of benzene rings is 1. The molecule has 0 unspecified atom stereocenters. The molecule has 36 heavy (non-hydrogen) atoms. The number of aliphatic hydroxyl groups excluding tert-OH is 2. The van der Waals surface area contributed by atoms with Gasteiger partial charge < -0.3 is 31.1 Å². The number of nitrogens with one attached hydrogen (secondary N) is 2. The highest BCUT2D eigenvalue weighted by Crippen LogP contribution is 2.52. The predicted molar refractivity (Wildman–Crippen MR) is 144 cm³/mol. The van der Waals surface area contributed by atoms with Crippen LogP contribution in [0.5, 0.6) is 0 Å². The van der Waals surface area contributed by atoms with E-state index in [2.05, 4.69) is 60.6 Å².